The lowest BCUT2D eigenvalue weighted by Crippen LogP contribution is -2.09. The van der Waals surface area contributed by atoms with Crippen molar-refractivity contribution in [3.63, 3.8) is 0 Å². The summed E-state index contributed by atoms with van der Waals surface area (Å²) in [6.07, 6.45) is 12.9. The van der Waals surface area contributed by atoms with Crippen LogP contribution in [0.1, 0.15) is 70.4 Å². The molecule has 0 saturated heterocycles. The van der Waals surface area contributed by atoms with E-state index in [1.54, 1.807) is 11.6 Å². The molecular formula is C24H33F. The SMILES string of the molecule is CC.Cc1ccc(C2=CC=C(C3CCCC(C)CC3)C3CC23)cc1F. The summed E-state index contributed by atoms with van der Waals surface area (Å²) in [5.74, 6) is 3.03. The minimum atomic E-state index is -0.0758. The molecule has 2 saturated carbocycles. The van der Waals surface area contributed by atoms with Crippen molar-refractivity contribution in [1.82, 2.24) is 0 Å². The van der Waals surface area contributed by atoms with Crippen LogP contribution in [0.3, 0.4) is 0 Å². The predicted octanol–water partition coefficient (Wildman–Crippen LogP) is 7.34. The smallest absolute Gasteiger partial charge is 0.126 e. The monoisotopic (exact) mass is 340 g/mol. The Labute approximate surface area is 153 Å². The van der Waals surface area contributed by atoms with Crippen molar-refractivity contribution in [3.8, 4) is 0 Å². The molecule has 0 heterocycles. The molecule has 4 rings (SSSR count). The minimum Gasteiger partial charge on any atom is -0.207 e. The standard InChI is InChI=1S/C22H27F.C2H6/c1-14-4-3-5-16(8-6-14)18-10-11-19(21-13-20(18)21)17-9-7-15(2)22(23)12-17;1-2/h7,9-12,14,16,20-21H,3-6,8,13H2,1-2H3;1-2H3. The van der Waals surface area contributed by atoms with Crippen molar-refractivity contribution in [1.29, 1.82) is 0 Å². The van der Waals surface area contributed by atoms with Crippen LogP contribution in [0.4, 0.5) is 4.39 Å². The van der Waals surface area contributed by atoms with Gasteiger partial charge in [0.15, 0.2) is 0 Å². The molecule has 3 aliphatic rings. The van der Waals surface area contributed by atoms with Crippen molar-refractivity contribution >= 4 is 5.57 Å². The summed E-state index contributed by atoms with van der Waals surface area (Å²) in [7, 11) is 0. The normalized spacial score (nSPS) is 30.9. The number of benzene rings is 1. The van der Waals surface area contributed by atoms with Crippen LogP contribution in [0.5, 0.6) is 0 Å². The molecule has 1 heteroatoms. The molecule has 136 valence electrons. The first kappa shape index (κ1) is 18.4. The van der Waals surface area contributed by atoms with Gasteiger partial charge < -0.3 is 0 Å². The zero-order valence-corrected chi connectivity index (χ0v) is 16.3. The Kier molecular flexibility index (Phi) is 5.81. The Morgan fingerprint density at radius 3 is 2.52 bits per heavy atom. The van der Waals surface area contributed by atoms with E-state index in [-0.39, 0.29) is 5.82 Å². The van der Waals surface area contributed by atoms with Crippen LogP contribution in [0.15, 0.2) is 35.9 Å². The highest BCUT2D eigenvalue weighted by Crippen LogP contribution is 2.57. The molecule has 1 aromatic rings. The number of hydrogen-bond acceptors (Lipinski definition) is 0. The second kappa shape index (κ2) is 7.89. The quantitative estimate of drug-likeness (QED) is 0.494. The zero-order chi connectivity index (χ0) is 18.0. The number of aryl methyl sites for hydroxylation is 1. The zero-order valence-electron chi connectivity index (χ0n) is 16.3. The van der Waals surface area contributed by atoms with Crippen LogP contribution < -0.4 is 0 Å². The van der Waals surface area contributed by atoms with Gasteiger partial charge in [-0.05, 0) is 72.6 Å². The third kappa shape index (κ3) is 3.91. The van der Waals surface area contributed by atoms with Gasteiger partial charge in [0.2, 0.25) is 0 Å². The molecule has 0 bridgehead atoms. The fraction of sp³-hybridized carbons (Fsp3) is 0.583. The van der Waals surface area contributed by atoms with Gasteiger partial charge in [-0.2, -0.15) is 0 Å². The molecule has 0 aliphatic heterocycles. The van der Waals surface area contributed by atoms with Crippen LogP contribution in [0, 0.1) is 36.4 Å². The minimum absolute atomic E-state index is 0.0758. The lowest BCUT2D eigenvalue weighted by Gasteiger charge is -2.22. The number of allylic oxidation sites excluding steroid dienone is 4. The van der Waals surface area contributed by atoms with Crippen molar-refractivity contribution < 1.29 is 4.39 Å². The van der Waals surface area contributed by atoms with Crippen LogP contribution in [-0.2, 0) is 0 Å². The van der Waals surface area contributed by atoms with E-state index in [2.05, 4.69) is 25.1 Å². The first-order chi connectivity index (χ1) is 12.1. The molecular weight excluding hydrogens is 307 g/mol. The van der Waals surface area contributed by atoms with Gasteiger partial charge in [-0.3, -0.25) is 0 Å². The molecule has 0 N–H and O–H groups in total. The van der Waals surface area contributed by atoms with E-state index in [0.717, 1.165) is 28.9 Å². The second-order valence-corrected chi connectivity index (χ2v) is 8.01. The first-order valence-corrected chi connectivity index (χ1v) is 10.3. The summed E-state index contributed by atoms with van der Waals surface area (Å²) in [6, 6.07) is 5.73. The fourth-order valence-electron chi connectivity index (χ4n) is 4.68. The number of rotatable bonds is 2. The van der Waals surface area contributed by atoms with Gasteiger partial charge in [0.25, 0.3) is 0 Å². The highest BCUT2D eigenvalue weighted by atomic mass is 19.1. The summed E-state index contributed by atoms with van der Waals surface area (Å²) in [5, 5.41) is 0. The van der Waals surface area contributed by atoms with E-state index in [4.69, 9.17) is 0 Å². The van der Waals surface area contributed by atoms with Crippen molar-refractivity contribution in [3.05, 3.63) is 52.9 Å². The maximum atomic E-state index is 13.9. The van der Waals surface area contributed by atoms with Crippen LogP contribution in [0.2, 0.25) is 0 Å². The van der Waals surface area contributed by atoms with Gasteiger partial charge in [-0.25, -0.2) is 4.39 Å². The maximum Gasteiger partial charge on any atom is 0.126 e. The van der Waals surface area contributed by atoms with Crippen molar-refractivity contribution in [2.45, 2.75) is 66.2 Å². The Balaban J connectivity index is 0.000000880. The number of hydrogen-bond donors (Lipinski definition) is 0. The molecule has 4 atom stereocenters. The highest BCUT2D eigenvalue weighted by molar-refractivity contribution is 5.74. The summed E-state index contributed by atoms with van der Waals surface area (Å²) in [6.45, 7) is 8.24. The summed E-state index contributed by atoms with van der Waals surface area (Å²) >= 11 is 0. The molecule has 0 aromatic heterocycles. The molecule has 0 spiro atoms. The van der Waals surface area contributed by atoms with Gasteiger partial charge in [-0.15, -0.1) is 0 Å². The molecule has 0 amide bonds. The molecule has 1 aromatic carbocycles. The first-order valence-electron chi connectivity index (χ1n) is 10.3. The van der Waals surface area contributed by atoms with Crippen LogP contribution >= 0.6 is 0 Å². The van der Waals surface area contributed by atoms with E-state index in [1.165, 1.54) is 44.1 Å². The maximum absolute atomic E-state index is 13.9. The topological polar surface area (TPSA) is 0 Å². The fourth-order valence-corrected chi connectivity index (χ4v) is 4.68. The van der Waals surface area contributed by atoms with Crippen molar-refractivity contribution in [2.24, 2.45) is 23.7 Å². The van der Waals surface area contributed by atoms with Gasteiger partial charge in [0, 0.05) is 0 Å². The van der Waals surface area contributed by atoms with Crippen LogP contribution in [-0.4, -0.2) is 0 Å². The Hall–Kier alpha value is -1.37. The van der Waals surface area contributed by atoms with Gasteiger partial charge in [0.05, 0.1) is 0 Å². The average Bonchev–Trinajstić information content (AvgIpc) is 3.43. The molecule has 2 fully saturated rings. The average molecular weight is 341 g/mol. The largest absolute Gasteiger partial charge is 0.207 e. The van der Waals surface area contributed by atoms with Crippen molar-refractivity contribution in [2.75, 3.05) is 0 Å². The van der Waals surface area contributed by atoms with E-state index in [1.807, 2.05) is 26.8 Å². The number of fused-ring (bicyclic) bond motifs is 1. The van der Waals surface area contributed by atoms with Crippen LogP contribution in [0.25, 0.3) is 5.57 Å². The molecule has 4 unspecified atom stereocenters. The Bertz CT molecular complexity index is 667. The third-order valence-electron chi connectivity index (χ3n) is 6.31. The van der Waals surface area contributed by atoms with E-state index in [0.29, 0.717) is 5.92 Å². The van der Waals surface area contributed by atoms with Gasteiger partial charge >= 0.3 is 0 Å². The summed E-state index contributed by atoms with van der Waals surface area (Å²) < 4.78 is 13.9. The highest BCUT2D eigenvalue weighted by Gasteiger charge is 2.46. The van der Waals surface area contributed by atoms with Gasteiger partial charge in [-0.1, -0.05) is 69.9 Å². The summed E-state index contributed by atoms with van der Waals surface area (Å²) in [4.78, 5) is 0. The predicted molar refractivity (Wildman–Crippen MR) is 106 cm³/mol. The van der Waals surface area contributed by atoms with Gasteiger partial charge in [0.1, 0.15) is 5.82 Å². The Morgan fingerprint density at radius 1 is 0.960 bits per heavy atom. The van der Waals surface area contributed by atoms with E-state index in [9.17, 15) is 4.39 Å². The third-order valence-corrected chi connectivity index (χ3v) is 6.31. The molecule has 0 radical (unpaired) electrons. The molecule has 0 nitrogen and oxygen atoms in total. The molecule has 3 aliphatic carbocycles. The lowest BCUT2D eigenvalue weighted by molar-refractivity contribution is 0.476. The number of halogens is 1. The Morgan fingerprint density at radius 2 is 1.76 bits per heavy atom. The second-order valence-electron chi connectivity index (χ2n) is 8.01. The lowest BCUT2D eigenvalue weighted by atomic mass is 9.83. The van der Waals surface area contributed by atoms with E-state index < -0.39 is 0 Å². The molecule has 25 heavy (non-hydrogen) atoms. The summed E-state index contributed by atoms with van der Waals surface area (Å²) in [5.41, 5.74) is 4.90. The van der Waals surface area contributed by atoms with E-state index >= 15 is 0 Å².